The average molecular weight is 212 g/mol. The van der Waals surface area contributed by atoms with Crippen molar-refractivity contribution in [1.29, 1.82) is 0 Å². The van der Waals surface area contributed by atoms with Gasteiger partial charge in [0.25, 0.3) is 0 Å². The summed E-state index contributed by atoms with van der Waals surface area (Å²) in [7, 11) is 0. The van der Waals surface area contributed by atoms with E-state index in [2.05, 4.69) is 0 Å². The van der Waals surface area contributed by atoms with E-state index in [0.29, 0.717) is 6.42 Å². The van der Waals surface area contributed by atoms with Gasteiger partial charge in [0.05, 0.1) is 5.39 Å². The molecule has 0 bridgehead atoms. The lowest BCUT2D eigenvalue weighted by Gasteiger charge is -2.00. The molecule has 0 saturated carbocycles. The van der Waals surface area contributed by atoms with Crippen molar-refractivity contribution in [2.45, 2.75) is 19.4 Å². The molecule has 1 heterocycles. The monoisotopic (exact) mass is 212 g/mol. The molecule has 0 aliphatic heterocycles. The Bertz CT molecular complexity index is 452. The van der Waals surface area contributed by atoms with Gasteiger partial charge in [-0.3, -0.25) is 0 Å². The van der Waals surface area contributed by atoms with Gasteiger partial charge in [0.15, 0.2) is 11.4 Å². The molecule has 0 radical (unpaired) electrons. The maximum absolute atomic E-state index is 13.2. The van der Waals surface area contributed by atoms with Gasteiger partial charge in [0.2, 0.25) is 0 Å². The van der Waals surface area contributed by atoms with E-state index in [1.807, 2.05) is 0 Å². The van der Waals surface area contributed by atoms with E-state index in [-0.39, 0.29) is 16.7 Å². The Hall–Kier alpha value is -1.42. The first kappa shape index (κ1) is 10.1. The van der Waals surface area contributed by atoms with E-state index in [1.54, 1.807) is 6.92 Å². The van der Waals surface area contributed by atoms with Crippen LogP contribution >= 0.6 is 0 Å². The van der Waals surface area contributed by atoms with Gasteiger partial charge in [-0.15, -0.1) is 0 Å². The molecule has 15 heavy (non-hydrogen) atoms. The van der Waals surface area contributed by atoms with Gasteiger partial charge in [-0.25, -0.2) is 8.78 Å². The summed E-state index contributed by atoms with van der Waals surface area (Å²) in [5.74, 6) is -0.984. The second-order valence-corrected chi connectivity index (χ2v) is 3.34. The molecule has 0 aliphatic carbocycles. The van der Waals surface area contributed by atoms with Crippen molar-refractivity contribution in [3.05, 3.63) is 35.6 Å². The Morgan fingerprint density at radius 3 is 2.60 bits per heavy atom. The molecule has 1 aromatic carbocycles. The molecule has 0 fully saturated rings. The van der Waals surface area contributed by atoms with Crippen LogP contribution in [0.4, 0.5) is 8.78 Å². The fourth-order valence-electron chi connectivity index (χ4n) is 1.44. The number of rotatable bonds is 2. The number of hydrogen-bond acceptors (Lipinski definition) is 2. The van der Waals surface area contributed by atoms with Crippen LogP contribution in [-0.2, 0) is 0 Å². The number of aliphatic hydroxyl groups is 1. The minimum absolute atomic E-state index is 0.0671. The first-order valence-electron chi connectivity index (χ1n) is 4.69. The van der Waals surface area contributed by atoms with Gasteiger partial charge in [-0.1, -0.05) is 6.92 Å². The lowest BCUT2D eigenvalue weighted by molar-refractivity contribution is 0.148. The zero-order valence-electron chi connectivity index (χ0n) is 8.13. The molecule has 2 rings (SSSR count). The van der Waals surface area contributed by atoms with Crippen molar-refractivity contribution < 1.29 is 18.3 Å². The molecule has 1 atom stereocenters. The van der Waals surface area contributed by atoms with Gasteiger partial charge >= 0.3 is 0 Å². The highest BCUT2D eigenvalue weighted by molar-refractivity contribution is 5.79. The maximum atomic E-state index is 13.2. The van der Waals surface area contributed by atoms with E-state index in [9.17, 15) is 13.9 Å². The number of hydrogen-bond donors (Lipinski definition) is 1. The van der Waals surface area contributed by atoms with Crippen LogP contribution in [-0.4, -0.2) is 5.11 Å². The molecule has 2 nitrogen and oxygen atoms in total. The summed E-state index contributed by atoms with van der Waals surface area (Å²) < 4.78 is 31.5. The van der Waals surface area contributed by atoms with Crippen molar-refractivity contribution >= 4 is 11.0 Å². The normalized spacial score (nSPS) is 13.3. The summed E-state index contributed by atoms with van der Waals surface area (Å²) in [5, 5.41) is 9.54. The standard InChI is InChI=1S/C11H10F2O2/c1-2-9(14)10-5-6-7(12)3-4-8(13)11(6)15-10/h3-5,9,14H,2H2,1H3. The largest absolute Gasteiger partial charge is 0.455 e. The molecule has 1 N–H and O–H groups in total. The second kappa shape index (κ2) is 3.62. The Morgan fingerprint density at radius 2 is 2.00 bits per heavy atom. The van der Waals surface area contributed by atoms with Crippen molar-refractivity contribution in [2.24, 2.45) is 0 Å². The van der Waals surface area contributed by atoms with Gasteiger partial charge < -0.3 is 9.52 Å². The fourth-order valence-corrected chi connectivity index (χ4v) is 1.44. The number of furan rings is 1. The lowest BCUT2D eigenvalue weighted by Crippen LogP contribution is -1.91. The number of benzene rings is 1. The van der Waals surface area contributed by atoms with Crippen molar-refractivity contribution in [2.75, 3.05) is 0 Å². The van der Waals surface area contributed by atoms with Crippen molar-refractivity contribution in [3.8, 4) is 0 Å². The molecule has 1 unspecified atom stereocenters. The van der Waals surface area contributed by atoms with E-state index < -0.39 is 17.7 Å². The van der Waals surface area contributed by atoms with Crippen LogP contribution in [0.25, 0.3) is 11.0 Å². The van der Waals surface area contributed by atoms with Crippen LogP contribution < -0.4 is 0 Å². The zero-order valence-corrected chi connectivity index (χ0v) is 8.13. The van der Waals surface area contributed by atoms with Crippen LogP contribution in [0.15, 0.2) is 22.6 Å². The summed E-state index contributed by atoms with van der Waals surface area (Å²) in [6.07, 6.45) is -0.389. The first-order valence-corrected chi connectivity index (χ1v) is 4.69. The number of halogens is 2. The van der Waals surface area contributed by atoms with Crippen molar-refractivity contribution in [1.82, 2.24) is 0 Å². The minimum Gasteiger partial charge on any atom is -0.455 e. The van der Waals surface area contributed by atoms with Gasteiger partial charge in [-0.05, 0) is 24.6 Å². The second-order valence-electron chi connectivity index (χ2n) is 3.34. The Morgan fingerprint density at radius 1 is 1.33 bits per heavy atom. The molecule has 0 saturated heterocycles. The van der Waals surface area contributed by atoms with Crippen molar-refractivity contribution in [3.63, 3.8) is 0 Å². The van der Waals surface area contributed by atoms with Gasteiger partial charge in [0, 0.05) is 0 Å². The topological polar surface area (TPSA) is 33.4 Å². The van der Waals surface area contributed by atoms with Crippen LogP contribution in [0.1, 0.15) is 25.2 Å². The summed E-state index contributed by atoms with van der Waals surface area (Å²) >= 11 is 0. The van der Waals surface area contributed by atoms with Crippen LogP contribution in [0, 0.1) is 11.6 Å². The Labute approximate surface area is 85.1 Å². The molecule has 1 aromatic heterocycles. The van der Waals surface area contributed by atoms with E-state index in [0.717, 1.165) is 12.1 Å². The smallest absolute Gasteiger partial charge is 0.172 e. The molecule has 0 aliphatic rings. The molecular formula is C11H10F2O2. The highest BCUT2D eigenvalue weighted by Gasteiger charge is 2.16. The molecule has 80 valence electrons. The predicted molar refractivity (Wildman–Crippen MR) is 51.4 cm³/mol. The Kier molecular flexibility index (Phi) is 2.44. The minimum atomic E-state index is -0.823. The SMILES string of the molecule is CCC(O)c1cc2c(F)ccc(F)c2o1. The molecular weight excluding hydrogens is 202 g/mol. The maximum Gasteiger partial charge on any atom is 0.172 e. The molecule has 4 heteroatoms. The summed E-state index contributed by atoms with van der Waals surface area (Å²) in [5.41, 5.74) is -0.141. The zero-order chi connectivity index (χ0) is 11.0. The van der Waals surface area contributed by atoms with Crippen LogP contribution in [0.3, 0.4) is 0 Å². The third-order valence-corrected chi connectivity index (χ3v) is 2.32. The number of fused-ring (bicyclic) bond motifs is 1. The average Bonchev–Trinajstić information content (AvgIpc) is 2.68. The first-order chi connectivity index (χ1) is 7.13. The van der Waals surface area contributed by atoms with E-state index in [4.69, 9.17) is 4.42 Å². The quantitative estimate of drug-likeness (QED) is 0.829. The summed E-state index contributed by atoms with van der Waals surface area (Å²) in [6.45, 7) is 1.75. The van der Waals surface area contributed by atoms with Gasteiger partial charge in [-0.2, -0.15) is 0 Å². The highest BCUT2D eigenvalue weighted by atomic mass is 19.1. The van der Waals surface area contributed by atoms with E-state index in [1.165, 1.54) is 6.07 Å². The summed E-state index contributed by atoms with van der Waals surface area (Å²) in [4.78, 5) is 0. The third-order valence-electron chi connectivity index (χ3n) is 2.32. The van der Waals surface area contributed by atoms with Crippen LogP contribution in [0.2, 0.25) is 0 Å². The number of aliphatic hydroxyl groups excluding tert-OH is 1. The highest BCUT2D eigenvalue weighted by Crippen LogP contribution is 2.28. The predicted octanol–water partition coefficient (Wildman–Crippen LogP) is 3.15. The lowest BCUT2D eigenvalue weighted by atomic mass is 10.2. The molecule has 0 spiro atoms. The summed E-state index contributed by atoms with van der Waals surface area (Å²) in [6, 6.07) is 3.38. The Balaban J connectivity index is 2.64. The third kappa shape index (κ3) is 1.61. The molecule has 0 amide bonds. The fraction of sp³-hybridized carbons (Fsp3) is 0.273. The molecule has 2 aromatic rings. The van der Waals surface area contributed by atoms with Crippen LogP contribution in [0.5, 0.6) is 0 Å². The van der Waals surface area contributed by atoms with Gasteiger partial charge in [0.1, 0.15) is 17.7 Å². The van der Waals surface area contributed by atoms with E-state index >= 15 is 0 Å².